The molecule has 0 aromatic heterocycles. The third-order valence-electron chi connectivity index (χ3n) is 6.11. The molecule has 0 spiro atoms. The number of anilines is 1. The fraction of sp³-hybridized carbons (Fsp3) is 0.0606. The average Bonchev–Trinajstić information content (AvgIpc) is 3.05. The van der Waals surface area contributed by atoms with Gasteiger partial charge in [-0.05, 0) is 66.2 Å². The molecule has 2 amide bonds. The number of benzene rings is 4. The molecule has 4 aromatic carbocycles. The number of carbonyl (C=O) groups excluding carboxylic acids is 4. The van der Waals surface area contributed by atoms with Crippen molar-refractivity contribution in [2.24, 2.45) is 5.10 Å². The van der Waals surface area contributed by atoms with Gasteiger partial charge in [0, 0.05) is 52.0 Å². The van der Waals surface area contributed by atoms with Gasteiger partial charge >= 0.3 is 11.9 Å². The number of methoxy groups -OCH3 is 1. The molecule has 0 bridgehead atoms. The molecule has 4 rings (SSSR count). The van der Waals surface area contributed by atoms with Gasteiger partial charge < -0.3 is 19.5 Å². The van der Waals surface area contributed by atoms with Crippen molar-refractivity contribution < 1.29 is 38.3 Å². The van der Waals surface area contributed by atoms with Gasteiger partial charge in [-0.3, -0.25) is 24.5 Å². The first-order chi connectivity index (χ1) is 22.5. The second kappa shape index (κ2) is 15.7. The first-order valence-corrected chi connectivity index (χ1v) is 14.4. The number of amides is 2. The number of hydrazone groups is 1. The Balaban J connectivity index is 1.40. The fourth-order valence-electron chi connectivity index (χ4n) is 3.98. The zero-order valence-corrected chi connectivity index (χ0v) is 26.3. The molecule has 13 nitrogen and oxygen atoms in total. The summed E-state index contributed by atoms with van der Waals surface area (Å²) in [6.07, 6.45) is 3.80. The number of non-ortho nitro benzene ring substituents is 1. The maximum Gasteiger partial charge on any atom is 0.336 e. The number of nitro benzene ring substituents is 1. The number of esters is 2. The monoisotopic (exact) mass is 700 g/mol. The first-order valence-electron chi connectivity index (χ1n) is 13.6. The summed E-state index contributed by atoms with van der Waals surface area (Å²) in [4.78, 5) is 59.9. The Labute approximate surface area is 276 Å². The SMILES string of the molecule is COc1cc(C(=O)Nc2cccc(C(=O)NN=Cc3cc(Br)ccc3OC(=O)/C=C/c3cccc([N+](=O)[O-])c3)c2)ccc1OC(C)=O. The van der Waals surface area contributed by atoms with E-state index in [-0.39, 0.29) is 34.1 Å². The molecule has 0 aliphatic heterocycles. The van der Waals surface area contributed by atoms with Gasteiger partial charge in [-0.2, -0.15) is 5.10 Å². The Hall–Kier alpha value is -6.15. The predicted molar refractivity (Wildman–Crippen MR) is 176 cm³/mol. The van der Waals surface area contributed by atoms with E-state index < -0.39 is 28.7 Å². The molecule has 0 radical (unpaired) electrons. The minimum atomic E-state index is -0.741. The smallest absolute Gasteiger partial charge is 0.336 e. The number of hydrogen-bond acceptors (Lipinski definition) is 10. The summed E-state index contributed by atoms with van der Waals surface area (Å²) in [6.45, 7) is 1.25. The van der Waals surface area contributed by atoms with Crippen LogP contribution in [0.2, 0.25) is 0 Å². The standard InChI is InChI=1S/C33H25BrN4O9/c1-20(39)46-29-12-10-23(18-30(29)45-2)32(41)36-26-7-4-6-22(17-26)33(42)37-35-19-24-16-25(34)11-13-28(24)47-31(40)14-9-21-5-3-8-27(15-21)38(43)44/h3-19H,1-2H3,(H,36,41)(H,37,42)/b14-9+,35-19?. The zero-order chi connectivity index (χ0) is 33.9. The second-order valence-electron chi connectivity index (χ2n) is 9.48. The van der Waals surface area contributed by atoms with E-state index >= 15 is 0 Å². The van der Waals surface area contributed by atoms with Crippen molar-refractivity contribution >= 4 is 63.3 Å². The number of ether oxygens (including phenoxy) is 3. The lowest BCUT2D eigenvalue weighted by Gasteiger charge is -2.11. The van der Waals surface area contributed by atoms with Crippen molar-refractivity contribution in [3.8, 4) is 17.2 Å². The van der Waals surface area contributed by atoms with Gasteiger partial charge in [-0.1, -0.05) is 34.1 Å². The van der Waals surface area contributed by atoms with E-state index in [1.165, 1.54) is 80.9 Å². The molecule has 47 heavy (non-hydrogen) atoms. The summed E-state index contributed by atoms with van der Waals surface area (Å²) < 4.78 is 16.3. The normalized spacial score (nSPS) is 10.8. The highest BCUT2D eigenvalue weighted by Crippen LogP contribution is 2.29. The topological polar surface area (TPSA) is 176 Å². The van der Waals surface area contributed by atoms with E-state index in [0.717, 1.165) is 6.08 Å². The third kappa shape index (κ3) is 9.67. The molecule has 0 fully saturated rings. The third-order valence-corrected chi connectivity index (χ3v) is 6.60. The highest BCUT2D eigenvalue weighted by atomic mass is 79.9. The number of nitrogens with one attached hydrogen (secondary N) is 2. The summed E-state index contributed by atoms with van der Waals surface area (Å²) in [5, 5.41) is 17.7. The van der Waals surface area contributed by atoms with Crippen LogP contribution in [-0.2, 0) is 9.59 Å². The maximum atomic E-state index is 12.8. The molecule has 4 aromatic rings. The van der Waals surface area contributed by atoms with E-state index in [1.54, 1.807) is 30.3 Å². The molecule has 2 N–H and O–H groups in total. The molecule has 0 unspecified atom stereocenters. The summed E-state index contributed by atoms with van der Waals surface area (Å²) in [5.74, 6) is -1.86. The van der Waals surface area contributed by atoms with Crippen LogP contribution < -0.4 is 25.0 Å². The van der Waals surface area contributed by atoms with E-state index in [4.69, 9.17) is 14.2 Å². The van der Waals surface area contributed by atoms with Crippen LogP contribution in [0.5, 0.6) is 17.2 Å². The number of carbonyl (C=O) groups is 4. The minimum absolute atomic E-state index is 0.115. The van der Waals surface area contributed by atoms with Crippen molar-refractivity contribution in [3.05, 3.63) is 128 Å². The lowest BCUT2D eigenvalue weighted by Crippen LogP contribution is -2.18. The molecular formula is C33H25BrN4O9. The largest absolute Gasteiger partial charge is 0.493 e. The van der Waals surface area contributed by atoms with Crippen LogP contribution in [0.1, 0.15) is 38.8 Å². The van der Waals surface area contributed by atoms with Crippen LogP contribution in [0, 0.1) is 10.1 Å². The Morgan fingerprint density at radius 1 is 0.851 bits per heavy atom. The first kappa shape index (κ1) is 33.7. The Kier molecular flexibility index (Phi) is 11.3. The van der Waals surface area contributed by atoms with Gasteiger partial charge in [-0.15, -0.1) is 0 Å². The summed E-state index contributed by atoms with van der Waals surface area (Å²) in [7, 11) is 1.38. The minimum Gasteiger partial charge on any atom is -0.493 e. The molecule has 0 atom stereocenters. The van der Waals surface area contributed by atoms with Gasteiger partial charge in [0.25, 0.3) is 17.5 Å². The maximum absolute atomic E-state index is 12.8. The summed E-state index contributed by atoms with van der Waals surface area (Å²) in [6, 6.07) is 21.0. The van der Waals surface area contributed by atoms with Crippen molar-refractivity contribution in [3.63, 3.8) is 0 Å². The van der Waals surface area contributed by atoms with Crippen molar-refractivity contribution in [2.45, 2.75) is 6.92 Å². The molecule has 14 heteroatoms. The number of nitrogens with zero attached hydrogens (tertiary/aromatic N) is 2. The molecule has 0 saturated heterocycles. The van der Waals surface area contributed by atoms with Crippen LogP contribution in [0.3, 0.4) is 0 Å². The van der Waals surface area contributed by atoms with Crippen LogP contribution in [0.15, 0.2) is 101 Å². The molecule has 0 saturated carbocycles. The van der Waals surface area contributed by atoms with Crippen molar-refractivity contribution in [1.82, 2.24) is 5.43 Å². The fourth-order valence-corrected chi connectivity index (χ4v) is 4.36. The van der Waals surface area contributed by atoms with Gasteiger partial charge in [0.05, 0.1) is 18.2 Å². The average molecular weight is 701 g/mol. The number of rotatable bonds is 11. The van der Waals surface area contributed by atoms with Crippen LogP contribution >= 0.6 is 15.9 Å². The van der Waals surface area contributed by atoms with Crippen LogP contribution in [0.25, 0.3) is 6.08 Å². The number of halogens is 1. The van der Waals surface area contributed by atoms with Gasteiger partial charge in [-0.25, -0.2) is 10.2 Å². The molecule has 0 aliphatic carbocycles. The van der Waals surface area contributed by atoms with Crippen molar-refractivity contribution in [2.75, 3.05) is 12.4 Å². The molecular weight excluding hydrogens is 676 g/mol. The highest BCUT2D eigenvalue weighted by Gasteiger charge is 2.14. The van der Waals surface area contributed by atoms with E-state index in [9.17, 15) is 29.3 Å². The second-order valence-corrected chi connectivity index (χ2v) is 10.4. The zero-order valence-electron chi connectivity index (χ0n) is 24.8. The highest BCUT2D eigenvalue weighted by molar-refractivity contribution is 9.10. The van der Waals surface area contributed by atoms with E-state index in [0.29, 0.717) is 21.3 Å². The lowest BCUT2D eigenvalue weighted by atomic mass is 10.1. The predicted octanol–water partition coefficient (Wildman–Crippen LogP) is 5.93. The summed E-state index contributed by atoms with van der Waals surface area (Å²) >= 11 is 3.35. The van der Waals surface area contributed by atoms with Gasteiger partial charge in [0.15, 0.2) is 11.5 Å². The van der Waals surface area contributed by atoms with Crippen LogP contribution in [0.4, 0.5) is 11.4 Å². The van der Waals surface area contributed by atoms with Gasteiger partial charge in [0.1, 0.15) is 5.75 Å². The number of hydrogen-bond donors (Lipinski definition) is 2. The molecule has 238 valence electrons. The van der Waals surface area contributed by atoms with Crippen molar-refractivity contribution in [1.29, 1.82) is 0 Å². The number of nitro groups is 1. The lowest BCUT2D eigenvalue weighted by molar-refractivity contribution is -0.384. The van der Waals surface area contributed by atoms with E-state index in [2.05, 4.69) is 31.8 Å². The van der Waals surface area contributed by atoms with Gasteiger partial charge in [0.2, 0.25) is 0 Å². The van der Waals surface area contributed by atoms with Crippen LogP contribution in [-0.4, -0.2) is 42.0 Å². The van der Waals surface area contributed by atoms with E-state index in [1.807, 2.05) is 0 Å². The summed E-state index contributed by atoms with van der Waals surface area (Å²) in [5.41, 5.74) is 3.81. The Morgan fingerprint density at radius 2 is 1.60 bits per heavy atom. The molecule has 0 heterocycles. The quantitative estimate of drug-likeness (QED) is 0.0480. The molecule has 0 aliphatic rings. The Morgan fingerprint density at radius 3 is 2.34 bits per heavy atom. The Bertz CT molecular complexity index is 1920.